The zero-order chi connectivity index (χ0) is 13.0. The molecule has 1 saturated carbocycles. The number of aryl methyl sites for hydroxylation is 1. The second-order valence-corrected chi connectivity index (χ2v) is 4.75. The molecule has 0 bridgehead atoms. The maximum absolute atomic E-state index is 12.2. The zero-order valence-electron chi connectivity index (χ0n) is 10.3. The lowest BCUT2D eigenvalue weighted by Crippen LogP contribution is -2.14. The Hall–Kier alpha value is -2.56. The molecule has 3 aliphatic rings. The fourth-order valence-electron chi connectivity index (χ4n) is 2.33. The third kappa shape index (κ3) is 1.55. The lowest BCUT2D eigenvalue weighted by Gasteiger charge is -2.04. The molecule has 0 unspecified atom stereocenters. The van der Waals surface area contributed by atoms with Crippen LogP contribution in [0.1, 0.15) is 12.1 Å². The van der Waals surface area contributed by atoms with Crippen LogP contribution in [0.2, 0.25) is 0 Å². The smallest absolute Gasteiger partial charge is 0.278 e. The van der Waals surface area contributed by atoms with Gasteiger partial charge in [0.1, 0.15) is 5.82 Å². The van der Waals surface area contributed by atoms with Crippen LogP contribution >= 0.6 is 0 Å². The summed E-state index contributed by atoms with van der Waals surface area (Å²) >= 11 is 0. The van der Waals surface area contributed by atoms with E-state index >= 15 is 0 Å². The van der Waals surface area contributed by atoms with Crippen molar-refractivity contribution in [3.05, 3.63) is 58.1 Å². The fourth-order valence-corrected chi connectivity index (χ4v) is 2.33. The van der Waals surface area contributed by atoms with Gasteiger partial charge in [0.2, 0.25) is 0 Å². The molecule has 0 aromatic carbocycles. The highest BCUT2D eigenvalue weighted by Crippen LogP contribution is 2.51. The number of anilines is 1. The van der Waals surface area contributed by atoms with Crippen molar-refractivity contribution >= 4 is 11.7 Å². The van der Waals surface area contributed by atoms with Crippen LogP contribution in [0.25, 0.3) is 0 Å². The van der Waals surface area contributed by atoms with Crippen LogP contribution in [-0.2, 0) is 4.79 Å². The van der Waals surface area contributed by atoms with Crippen LogP contribution in [0.5, 0.6) is 0 Å². The van der Waals surface area contributed by atoms with Crippen molar-refractivity contribution in [3.8, 4) is 0 Å². The molecule has 0 atom stereocenters. The third-order valence-corrected chi connectivity index (χ3v) is 3.34. The number of hydrogen-bond acceptors (Lipinski definition) is 4. The van der Waals surface area contributed by atoms with E-state index in [-0.39, 0.29) is 5.91 Å². The Balaban J connectivity index is 1.63. The highest BCUT2D eigenvalue weighted by Gasteiger charge is 2.38. The SMILES string of the molecule is Cc1cccc(NC(=O)C2=C3C=C4CC4=C3N=N2)n1. The monoisotopic (exact) mass is 250 g/mol. The van der Waals surface area contributed by atoms with Gasteiger partial charge in [0.25, 0.3) is 5.91 Å². The van der Waals surface area contributed by atoms with E-state index in [2.05, 4.69) is 20.5 Å². The number of azo groups is 1. The summed E-state index contributed by atoms with van der Waals surface area (Å²) in [6.07, 6.45) is 3.00. The summed E-state index contributed by atoms with van der Waals surface area (Å²) in [4.78, 5) is 16.4. The van der Waals surface area contributed by atoms with E-state index in [1.165, 1.54) is 11.1 Å². The van der Waals surface area contributed by atoms with E-state index in [1.54, 1.807) is 6.07 Å². The fraction of sp³-hybridized carbons (Fsp3) is 0.143. The first-order valence-corrected chi connectivity index (χ1v) is 6.08. The molecular formula is C14H10N4O. The van der Waals surface area contributed by atoms with Gasteiger partial charge >= 0.3 is 0 Å². The van der Waals surface area contributed by atoms with Crippen molar-refractivity contribution in [3.63, 3.8) is 0 Å². The topological polar surface area (TPSA) is 66.7 Å². The van der Waals surface area contributed by atoms with Crippen molar-refractivity contribution in [2.24, 2.45) is 10.2 Å². The molecule has 19 heavy (non-hydrogen) atoms. The highest BCUT2D eigenvalue weighted by molar-refractivity contribution is 6.05. The highest BCUT2D eigenvalue weighted by atomic mass is 16.2. The quantitative estimate of drug-likeness (QED) is 0.876. The minimum Gasteiger partial charge on any atom is -0.305 e. The number of carbonyl (C=O) groups is 1. The molecule has 1 aromatic rings. The maximum atomic E-state index is 12.2. The van der Waals surface area contributed by atoms with E-state index in [9.17, 15) is 4.79 Å². The number of hydrogen-bond donors (Lipinski definition) is 1. The van der Waals surface area contributed by atoms with Crippen molar-refractivity contribution in [1.29, 1.82) is 0 Å². The van der Waals surface area contributed by atoms with Gasteiger partial charge in [-0.05, 0) is 36.3 Å². The summed E-state index contributed by atoms with van der Waals surface area (Å²) in [7, 11) is 0. The normalized spacial score (nSPS) is 18.5. The van der Waals surface area contributed by atoms with Gasteiger partial charge in [0.05, 0.1) is 5.70 Å². The van der Waals surface area contributed by atoms with Crippen LogP contribution in [0.4, 0.5) is 5.82 Å². The van der Waals surface area contributed by atoms with Crippen molar-refractivity contribution < 1.29 is 4.79 Å². The first-order valence-electron chi connectivity index (χ1n) is 6.08. The summed E-state index contributed by atoms with van der Waals surface area (Å²) in [6, 6.07) is 5.49. The van der Waals surface area contributed by atoms with Crippen molar-refractivity contribution in [2.75, 3.05) is 5.32 Å². The van der Waals surface area contributed by atoms with E-state index in [0.717, 1.165) is 23.4 Å². The first-order chi connectivity index (χ1) is 9.22. The Bertz CT molecular complexity index is 752. The van der Waals surface area contributed by atoms with E-state index < -0.39 is 0 Å². The third-order valence-electron chi connectivity index (χ3n) is 3.34. The predicted octanol–water partition coefficient (Wildman–Crippen LogP) is 2.65. The average Bonchev–Trinajstić information content (AvgIpc) is 2.86. The second-order valence-electron chi connectivity index (χ2n) is 4.75. The Morgan fingerprint density at radius 2 is 2.21 bits per heavy atom. The number of aromatic nitrogens is 1. The summed E-state index contributed by atoms with van der Waals surface area (Å²) < 4.78 is 0. The molecule has 1 aliphatic heterocycles. The number of allylic oxidation sites excluding steroid dienone is 3. The number of rotatable bonds is 2. The van der Waals surface area contributed by atoms with Crippen LogP contribution in [0.3, 0.4) is 0 Å². The number of nitrogens with zero attached hydrogens (tertiary/aromatic N) is 3. The van der Waals surface area contributed by atoms with Crippen molar-refractivity contribution in [2.45, 2.75) is 13.3 Å². The van der Waals surface area contributed by atoms with E-state index in [1.807, 2.05) is 25.1 Å². The van der Waals surface area contributed by atoms with Crippen LogP contribution in [-0.4, -0.2) is 10.9 Å². The van der Waals surface area contributed by atoms with Crippen LogP contribution < -0.4 is 5.32 Å². The maximum Gasteiger partial charge on any atom is 0.278 e. The molecule has 1 amide bonds. The van der Waals surface area contributed by atoms with Gasteiger partial charge in [-0.25, -0.2) is 4.98 Å². The molecule has 1 fully saturated rings. The lowest BCUT2D eigenvalue weighted by molar-refractivity contribution is -0.112. The van der Waals surface area contributed by atoms with Gasteiger partial charge in [0.15, 0.2) is 5.70 Å². The van der Waals surface area contributed by atoms with Crippen molar-refractivity contribution in [1.82, 2.24) is 4.98 Å². The average molecular weight is 250 g/mol. The van der Waals surface area contributed by atoms with Gasteiger partial charge in [0, 0.05) is 17.7 Å². The van der Waals surface area contributed by atoms with E-state index in [0.29, 0.717) is 11.5 Å². The standard InChI is InChI=1S/C14H10N4O/c1-7-3-2-4-11(15-7)16-14(19)13-10-6-8-5-9(8)12(10)17-18-13/h2-4,6H,5H2,1H3,(H,15,16,19). The molecule has 0 spiro atoms. The molecule has 2 aliphatic carbocycles. The molecular weight excluding hydrogens is 240 g/mol. The summed E-state index contributed by atoms with van der Waals surface area (Å²) in [5, 5.41) is 10.8. The molecule has 5 heteroatoms. The molecule has 1 aromatic heterocycles. The number of nitrogens with one attached hydrogen (secondary N) is 1. The number of amides is 1. The number of pyridine rings is 1. The molecule has 1 N–H and O–H groups in total. The minimum atomic E-state index is -0.259. The number of fused-ring (bicyclic) bond motifs is 2. The van der Waals surface area contributed by atoms with Crippen LogP contribution in [0.15, 0.2) is 62.6 Å². The molecule has 4 rings (SSSR count). The Morgan fingerprint density at radius 3 is 3.05 bits per heavy atom. The van der Waals surface area contributed by atoms with E-state index in [4.69, 9.17) is 0 Å². The van der Waals surface area contributed by atoms with Crippen LogP contribution in [0, 0.1) is 6.92 Å². The molecule has 2 heterocycles. The summed E-state index contributed by atoms with van der Waals surface area (Å²) in [5.41, 5.74) is 5.47. The van der Waals surface area contributed by atoms with Gasteiger partial charge < -0.3 is 5.32 Å². The molecule has 0 radical (unpaired) electrons. The molecule has 92 valence electrons. The largest absolute Gasteiger partial charge is 0.305 e. The van der Waals surface area contributed by atoms with Gasteiger partial charge in [-0.2, -0.15) is 0 Å². The Kier molecular flexibility index (Phi) is 1.90. The predicted molar refractivity (Wildman–Crippen MR) is 69.2 cm³/mol. The lowest BCUT2D eigenvalue weighted by atomic mass is 10.1. The van der Waals surface area contributed by atoms with Gasteiger partial charge in [-0.3, -0.25) is 4.79 Å². The first kappa shape index (κ1) is 10.4. The zero-order valence-corrected chi connectivity index (χ0v) is 10.3. The summed E-state index contributed by atoms with van der Waals surface area (Å²) in [6.45, 7) is 1.88. The van der Waals surface area contributed by atoms with Gasteiger partial charge in [-0.1, -0.05) is 6.07 Å². The van der Waals surface area contributed by atoms with Gasteiger partial charge in [-0.15, -0.1) is 10.2 Å². The molecule has 5 nitrogen and oxygen atoms in total. The molecule has 0 saturated heterocycles. The minimum absolute atomic E-state index is 0.259. The Labute approximate surface area is 109 Å². The summed E-state index contributed by atoms with van der Waals surface area (Å²) in [5.74, 6) is 0.274. The number of carbonyl (C=O) groups excluding carboxylic acids is 1. The second kappa shape index (κ2) is 3.47. The Morgan fingerprint density at radius 1 is 1.32 bits per heavy atom.